The molecule has 0 saturated carbocycles. The minimum absolute atomic E-state index is 0.0646. The number of carbonyl (C=O) groups is 1. The number of amides is 1. The number of hydrogen-bond acceptors (Lipinski definition) is 5. The summed E-state index contributed by atoms with van der Waals surface area (Å²) in [5, 5.41) is 13.8. The van der Waals surface area contributed by atoms with Crippen molar-refractivity contribution in [1.29, 1.82) is 0 Å². The molecule has 0 aromatic rings. The number of phosphoric acid groups is 1. The number of hydrogen-bond donors (Lipinski definition) is 3. The number of nitrogens with one attached hydrogen (secondary N) is 1. The monoisotopic (exact) mass is 964 g/mol. The molecule has 0 rings (SSSR count). The van der Waals surface area contributed by atoms with Crippen LogP contribution in [0.2, 0.25) is 0 Å². The lowest BCUT2D eigenvalue weighted by atomic mass is 10.0. The molecule has 8 nitrogen and oxygen atoms in total. The van der Waals surface area contributed by atoms with E-state index in [1.807, 2.05) is 21.1 Å². The van der Waals surface area contributed by atoms with E-state index in [0.717, 1.165) is 135 Å². The molecular formula is C59H100N2O6P+. The summed E-state index contributed by atoms with van der Waals surface area (Å²) in [6.07, 6.45) is 74.2. The predicted molar refractivity (Wildman–Crippen MR) is 294 cm³/mol. The van der Waals surface area contributed by atoms with E-state index in [9.17, 15) is 19.4 Å². The van der Waals surface area contributed by atoms with E-state index in [1.165, 1.54) is 19.3 Å². The number of phosphoric ester groups is 1. The quantitative estimate of drug-likeness (QED) is 0.0243. The number of aliphatic hydroxyl groups excluding tert-OH is 1. The van der Waals surface area contributed by atoms with Gasteiger partial charge in [0.1, 0.15) is 13.2 Å². The molecule has 0 aromatic heterocycles. The summed E-state index contributed by atoms with van der Waals surface area (Å²) >= 11 is 0. The van der Waals surface area contributed by atoms with E-state index in [2.05, 4.69) is 153 Å². The zero-order chi connectivity index (χ0) is 49.9. The molecule has 0 aliphatic carbocycles. The molecule has 3 N–H and O–H groups in total. The number of aliphatic hydroxyl groups is 1. The second-order valence-electron chi connectivity index (χ2n) is 18.5. The summed E-state index contributed by atoms with van der Waals surface area (Å²) < 4.78 is 23.4. The summed E-state index contributed by atoms with van der Waals surface area (Å²) in [6, 6.07) is -0.772. The molecule has 3 atom stereocenters. The van der Waals surface area contributed by atoms with E-state index < -0.39 is 20.0 Å². The van der Waals surface area contributed by atoms with Crippen LogP contribution in [0, 0.1) is 0 Å². The fourth-order valence-corrected chi connectivity index (χ4v) is 7.49. The molecular weight excluding hydrogens is 864 g/mol. The Labute approximate surface area is 417 Å². The Hall–Kier alpha value is -3.36. The minimum atomic E-state index is -4.31. The molecule has 0 heterocycles. The van der Waals surface area contributed by atoms with Gasteiger partial charge in [0, 0.05) is 6.42 Å². The average Bonchev–Trinajstić information content (AvgIpc) is 3.30. The first-order valence-corrected chi connectivity index (χ1v) is 28.0. The van der Waals surface area contributed by atoms with Gasteiger partial charge >= 0.3 is 7.82 Å². The van der Waals surface area contributed by atoms with Crippen LogP contribution < -0.4 is 5.32 Å². The number of unbranched alkanes of at least 4 members (excludes halogenated alkanes) is 11. The third-order valence-electron chi connectivity index (χ3n) is 10.9. The van der Waals surface area contributed by atoms with Crippen LogP contribution >= 0.6 is 7.82 Å². The Bertz CT molecular complexity index is 1560. The van der Waals surface area contributed by atoms with Crippen molar-refractivity contribution < 1.29 is 32.9 Å². The molecule has 0 spiro atoms. The van der Waals surface area contributed by atoms with Crippen molar-refractivity contribution in [2.24, 2.45) is 0 Å². The highest BCUT2D eigenvalue weighted by Gasteiger charge is 2.28. The summed E-state index contributed by atoms with van der Waals surface area (Å²) in [4.78, 5) is 23.0. The van der Waals surface area contributed by atoms with Gasteiger partial charge in [0.25, 0.3) is 0 Å². The van der Waals surface area contributed by atoms with Crippen LogP contribution in [0.4, 0.5) is 0 Å². The van der Waals surface area contributed by atoms with Crippen molar-refractivity contribution in [2.75, 3.05) is 40.9 Å². The molecule has 0 aliphatic rings. The first-order chi connectivity index (χ1) is 33.0. The van der Waals surface area contributed by atoms with Crippen LogP contribution in [0.1, 0.15) is 181 Å². The Morgan fingerprint density at radius 1 is 0.515 bits per heavy atom. The maximum absolute atomic E-state index is 12.8. The van der Waals surface area contributed by atoms with Gasteiger partial charge in [-0.2, -0.15) is 0 Å². The second-order valence-corrected chi connectivity index (χ2v) is 20.0. The van der Waals surface area contributed by atoms with Gasteiger partial charge in [0.2, 0.25) is 5.91 Å². The van der Waals surface area contributed by atoms with Crippen LogP contribution in [0.25, 0.3) is 0 Å². The topological polar surface area (TPSA) is 105 Å². The molecule has 9 heteroatoms. The third kappa shape index (κ3) is 50.5. The number of likely N-dealkylation sites (N-methyl/N-ethyl adjacent to an activating group) is 1. The van der Waals surface area contributed by atoms with Crippen molar-refractivity contribution in [2.45, 2.75) is 193 Å². The highest BCUT2D eigenvalue weighted by molar-refractivity contribution is 7.47. The Morgan fingerprint density at radius 3 is 1.29 bits per heavy atom. The largest absolute Gasteiger partial charge is 0.472 e. The molecule has 0 bridgehead atoms. The minimum Gasteiger partial charge on any atom is -0.391 e. The van der Waals surface area contributed by atoms with Crippen LogP contribution in [-0.4, -0.2) is 73.4 Å². The van der Waals surface area contributed by atoms with E-state index in [1.54, 1.807) is 0 Å². The lowest BCUT2D eigenvalue weighted by Crippen LogP contribution is -2.46. The van der Waals surface area contributed by atoms with Gasteiger partial charge in [-0.15, -0.1) is 0 Å². The molecule has 68 heavy (non-hydrogen) atoms. The molecule has 1 amide bonds. The van der Waals surface area contributed by atoms with E-state index >= 15 is 0 Å². The zero-order valence-electron chi connectivity index (χ0n) is 43.8. The van der Waals surface area contributed by atoms with Gasteiger partial charge in [0.05, 0.1) is 39.9 Å². The molecule has 3 unspecified atom stereocenters. The lowest BCUT2D eigenvalue weighted by molar-refractivity contribution is -0.870. The highest BCUT2D eigenvalue weighted by atomic mass is 31.2. The lowest BCUT2D eigenvalue weighted by Gasteiger charge is -2.26. The second kappa shape index (κ2) is 48.7. The van der Waals surface area contributed by atoms with Gasteiger partial charge in [-0.05, 0) is 96.3 Å². The maximum Gasteiger partial charge on any atom is 0.472 e. The SMILES string of the molecule is CC/C=C\C/C=C\C/C=C\C/C=C\C/C=C\C/C=C\C/C=C\C/C=C\C/C=C\C/C=C\C/C=C\CCCCCCCCCC(=O)NC(COP(=O)(O)OCC[N+](C)(C)C)C(O)CCCCCCC. The summed E-state index contributed by atoms with van der Waals surface area (Å²) in [6.45, 7) is 4.64. The van der Waals surface area contributed by atoms with E-state index in [0.29, 0.717) is 23.9 Å². The molecule has 0 radical (unpaired) electrons. The number of rotatable bonds is 46. The standard InChI is InChI=1S/C59H99N2O6P/c1-6-8-10-12-13-14-15-16-17-18-19-20-21-22-23-24-25-26-27-28-29-30-31-32-33-34-35-36-37-38-39-40-41-42-43-44-45-46-47-49-51-53-59(63)60-57(58(62)52-50-48-11-9-7-2)56-67-68(64,65)66-55-54-61(3,4)5/h8,10,13-14,16-17,19-20,22-23,25-26,28-29,31-32,34-35,37-38,40-41,57-58,62H,6-7,9,11-12,15,18,21,24,27,30,33,36,39,42-56H2,1-5H3,(H-,60,63,64,65)/p+1/b10-8-,14-13-,17-16-,20-19-,23-22-,26-25-,29-28-,32-31-,35-34-,38-37-,41-40-. The molecule has 0 fully saturated rings. The summed E-state index contributed by atoms with van der Waals surface area (Å²) in [7, 11) is 1.58. The summed E-state index contributed by atoms with van der Waals surface area (Å²) in [5.41, 5.74) is 0. The Morgan fingerprint density at radius 2 is 0.882 bits per heavy atom. The van der Waals surface area contributed by atoms with Gasteiger partial charge in [-0.25, -0.2) is 4.57 Å². The van der Waals surface area contributed by atoms with Crippen molar-refractivity contribution >= 4 is 13.7 Å². The van der Waals surface area contributed by atoms with Crippen molar-refractivity contribution in [1.82, 2.24) is 5.32 Å². The van der Waals surface area contributed by atoms with E-state index in [-0.39, 0.29) is 19.1 Å². The Kier molecular flexibility index (Phi) is 46.3. The number of nitrogens with zero attached hydrogens (tertiary/aromatic N) is 1. The first kappa shape index (κ1) is 64.6. The van der Waals surface area contributed by atoms with Crippen molar-refractivity contribution in [3.05, 3.63) is 134 Å². The van der Waals surface area contributed by atoms with Crippen molar-refractivity contribution in [3.63, 3.8) is 0 Å². The highest BCUT2D eigenvalue weighted by Crippen LogP contribution is 2.43. The van der Waals surface area contributed by atoms with Crippen LogP contribution in [0.3, 0.4) is 0 Å². The first-order valence-electron chi connectivity index (χ1n) is 26.5. The van der Waals surface area contributed by atoms with Crippen LogP contribution in [0.15, 0.2) is 134 Å². The fraction of sp³-hybridized carbons (Fsp3) is 0.610. The molecule has 0 aliphatic heterocycles. The van der Waals surface area contributed by atoms with E-state index in [4.69, 9.17) is 9.05 Å². The van der Waals surface area contributed by atoms with Crippen molar-refractivity contribution in [3.8, 4) is 0 Å². The summed E-state index contributed by atoms with van der Waals surface area (Å²) in [5.74, 6) is -0.170. The number of quaternary nitrogens is 1. The van der Waals surface area contributed by atoms with Crippen LogP contribution in [0.5, 0.6) is 0 Å². The normalized spacial score (nSPS) is 15.1. The zero-order valence-corrected chi connectivity index (χ0v) is 44.7. The molecule has 0 saturated heterocycles. The number of carbonyl (C=O) groups excluding carboxylic acids is 1. The molecule has 0 aromatic carbocycles. The van der Waals surface area contributed by atoms with Crippen LogP contribution in [-0.2, 0) is 18.4 Å². The van der Waals surface area contributed by atoms with Gasteiger partial charge < -0.3 is 19.8 Å². The predicted octanol–water partition coefficient (Wildman–Crippen LogP) is 16.0. The average molecular weight is 964 g/mol. The maximum atomic E-state index is 12.8. The Balaban J connectivity index is 3.96. The third-order valence-corrected chi connectivity index (χ3v) is 11.9. The van der Waals surface area contributed by atoms with Gasteiger partial charge in [-0.1, -0.05) is 212 Å². The number of allylic oxidation sites excluding steroid dienone is 22. The fourth-order valence-electron chi connectivity index (χ4n) is 6.75. The van der Waals surface area contributed by atoms with Gasteiger partial charge in [0.15, 0.2) is 0 Å². The van der Waals surface area contributed by atoms with Gasteiger partial charge in [-0.3, -0.25) is 13.8 Å². The molecule has 386 valence electrons. The smallest absolute Gasteiger partial charge is 0.391 e.